The van der Waals surface area contributed by atoms with Gasteiger partial charge in [-0.3, -0.25) is 14.8 Å². The van der Waals surface area contributed by atoms with Gasteiger partial charge in [0.1, 0.15) is 0 Å². The molecule has 1 fully saturated rings. The lowest BCUT2D eigenvalue weighted by atomic mass is 9.90. The second kappa shape index (κ2) is 9.24. The zero-order valence-corrected chi connectivity index (χ0v) is 20.4. The van der Waals surface area contributed by atoms with Crippen molar-refractivity contribution in [2.24, 2.45) is 0 Å². The van der Waals surface area contributed by atoms with Crippen molar-refractivity contribution >= 4 is 17.5 Å². The third kappa shape index (κ3) is 5.10. The minimum atomic E-state index is -0.318. The Labute approximate surface area is 200 Å². The monoisotopic (exact) mass is 463 g/mol. The number of amides is 1. The van der Waals surface area contributed by atoms with Gasteiger partial charge in [-0.2, -0.15) is 0 Å². The molecule has 33 heavy (non-hydrogen) atoms. The van der Waals surface area contributed by atoms with Crippen LogP contribution in [0.1, 0.15) is 55.2 Å². The van der Waals surface area contributed by atoms with Crippen LogP contribution in [0.15, 0.2) is 48.9 Å². The highest BCUT2D eigenvalue weighted by Crippen LogP contribution is 2.35. The van der Waals surface area contributed by atoms with Gasteiger partial charge in [0.25, 0.3) is 5.91 Å². The van der Waals surface area contributed by atoms with E-state index < -0.39 is 0 Å². The number of hydrogen-bond donors (Lipinski definition) is 1. The Hall–Kier alpha value is -2.76. The standard InChI is InChI=1S/C27H30ClN3O2/c1-17-11-19(26(33)31-9-6-22(32)7-10-31)13-23(28)25(17)21-12-20(15-29-16-21)18-5-8-30-24(14-18)27(2,3)4/h5,8,11-16,22,32H,6-7,9-10H2,1-4H3. The molecule has 6 heteroatoms. The van der Waals surface area contributed by atoms with Crippen molar-refractivity contribution in [3.8, 4) is 22.3 Å². The molecule has 0 aliphatic carbocycles. The zero-order valence-electron chi connectivity index (χ0n) is 19.6. The first-order chi connectivity index (χ1) is 15.6. The number of halogens is 1. The number of aromatic nitrogens is 2. The summed E-state index contributed by atoms with van der Waals surface area (Å²) in [7, 11) is 0. The highest BCUT2D eigenvalue weighted by molar-refractivity contribution is 6.34. The van der Waals surface area contributed by atoms with Crippen LogP contribution in [0.4, 0.5) is 0 Å². The Morgan fingerprint density at radius 1 is 1.06 bits per heavy atom. The lowest BCUT2D eigenvalue weighted by Crippen LogP contribution is -2.40. The predicted octanol–water partition coefficient (Wildman–Crippen LogP) is 5.67. The molecule has 1 N–H and O–H groups in total. The van der Waals surface area contributed by atoms with E-state index in [4.69, 9.17) is 11.6 Å². The van der Waals surface area contributed by atoms with Crippen LogP contribution in [-0.2, 0) is 5.41 Å². The van der Waals surface area contributed by atoms with E-state index in [0.29, 0.717) is 36.5 Å². The first-order valence-corrected chi connectivity index (χ1v) is 11.7. The summed E-state index contributed by atoms with van der Waals surface area (Å²) < 4.78 is 0. The number of benzene rings is 1. The minimum Gasteiger partial charge on any atom is -0.393 e. The number of carbonyl (C=O) groups excluding carboxylic acids is 1. The van der Waals surface area contributed by atoms with Crippen molar-refractivity contribution in [1.29, 1.82) is 0 Å². The predicted molar refractivity (Wildman–Crippen MR) is 132 cm³/mol. The summed E-state index contributed by atoms with van der Waals surface area (Å²) in [6.07, 6.45) is 6.39. The van der Waals surface area contributed by atoms with Gasteiger partial charge in [0.15, 0.2) is 0 Å². The van der Waals surface area contributed by atoms with Gasteiger partial charge in [0.05, 0.1) is 6.10 Å². The third-order valence-electron chi connectivity index (χ3n) is 6.17. The summed E-state index contributed by atoms with van der Waals surface area (Å²) in [5, 5.41) is 10.2. The SMILES string of the molecule is Cc1cc(C(=O)N2CCC(O)CC2)cc(Cl)c1-c1cncc(-c2ccnc(C(C)(C)C)c2)c1. The van der Waals surface area contributed by atoms with Gasteiger partial charge in [-0.25, -0.2) is 0 Å². The van der Waals surface area contributed by atoms with Crippen LogP contribution in [0.5, 0.6) is 0 Å². The highest BCUT2D eigenvalue weighted by atomic mass is 35.5. The summed E-state index contributed by atoms with van der Waals surface area (Å²) in [6, 6.07) is 9.81. The van der Waals surface area contributed by atoms with Crippen molar-refractivity contribution in [2.45, 2.75) is 52.1 Å². The maximum Gasteiger partial charge on any atom is 0.253 e. The lowest BCUT2D eigenvalue weighted by Gasteiger charge is -2.30. The maximum absolute atomic E-state index is 13.0. The molecule has 1 aliphatic heterocycles. The fourth-order valence-corrected chi connectivity index (χ4v) is 4.62. The number of piperidine rings is 1. The number of nitrogens with zero attached hydrogens (tertiary/aromatic N) is 3. The summed E-state index contributed by atoms with van der Waals surface area (Å²) in [5.41, 5.74) is 6.30. The number of carbonyl (C=O) groups is 1. The molecule has 1 aliphatic rings. The summed E-state index contributed by atoms with van der Waals surface area (Å²) in [4.78, 5) is 23.8. The summed E-state index contributed by atoms with van der Waals surface area (Å²) >= 11 is 6.71. The van der Waals surface area contributed by atoms with Gasteiger partial charge in [-0.15, -0.1) is 0 Å². The molecule has 0 atom stereocenters. The van der Waals surface area contributed by atoms with Gasteiger partial charge in [0, 0.05) is 70.1 Å². The van der Waals surface area contributed by atoms with Crippen LogP contribution in [-0.4, -0.2) is 45.1 Å². The van der Waals surface area contributed by atoms with Crippen molar-refractivity contribution in [3.05, 3.63) is 70.8 Å². The van der Waals surface area contributed by atoms with Crippen LogP contribution in [0.2, 0.25) is 5.02 Å². The first kappa shape index (κ1) is 23.4. The number of aryl methyl sites for hydroxylation is 1. The largest absolute Gasteiger partial charge is 0.393 e. The topological polar surface area (TPSA) is 66.3 Å². The number of hydrogen-bond acceptors (Lipinski definition) is 4. The van der Waals surface area contributed by atoms with Crippen LogP contribution in [0, 0.1) is 6.92 Å². The molecule has 0 bridgehead atoms. The smallest absolute Gasteiger partial charge is 0.253 e. The summed E-state index contributed by atoms with van der Waals surface area (Å²) in [6.45, 7) is 9.53. The van der Waals surface area contributed by atoms with Crippen molar-refractivity contribution in [1.82, 2.24) is 14.9 Å². The number of aliphatic hydroxyl groups is 1. The Balaban J connectivity index is 1.66. The third-order valence-corrected chi connectivity index (χ3v) is 6.47. The molecule has 0 radical (unpaired) electrons. The molecule has 2 aromatic heterocycles. The molecule has 3 heterocycles. The van der Waals surface area contributed by atoms with E-state index in [9.17, 15) is 9.90 Å². The Morgan fingerprint density at radius 2 is 1.76 bits per heavy atom. The second-order valence-electron chi connectivity index (χ2n) is 9.82. The molecule has 4 rings (SSSR count). The Bertz CT molecular complexity index is 1150. The van der Waals surface area contributed by atoms with Gasteiger partial charge in [-0.05, 0) is 61.2 Å². The molecule has 0 spiro atoms. The maximum atomic E-state index is 13.0. The van der Waals surface area contributed by atoms with E-state index in [0.717, 1.165) is 33.5 Å². The van der Waals surface area contributed by atoms with E-state index in [2.05, 4.69) is 42.9 Å². The fourth-order valence-electron chi connectivity index (χ4n) is 4.24. The molecule has 172 valence electrons. The molecule has 0 saturated carbocycles. The van der Waals surface area contributed by atoms with E-state index in [1.807, 2.05) is 31.5 Å². The average molecular weight is 464 g/mol. The van der Waals surface area contributed by atoms with Crippen molar-refractivity contribution in [2.75, 3.05) is 13.1 Å². The lowest BCUT2D eigenvalue weighted by molar-refractivity contribution is 0.0546. The molecule has 1 amide bonds. The molecular weight excluding hydrogens is 434 g/mol. The number of rotatable bonds is 3. The van der Waals surface area contributed by atoms with E-state index >= 15 is 0 Å². The minimum absolute atomic E-state index is 0.0446. The van der Waals surface area contributed by atoms with Gasteiger partial charge >= 0.3 is 0 Å². The van der Waals surface area contributed by atoms with E-state index in [1.165, 1.54) is 0 Å². The zero-order chi connectivity index (χ0) is 23.8. The van der Waals surface area contributed by atoms with Crippen LogP contribution in [0.25, 0.3) is 22.3 Å². The second-order valence-corrected chi connectivity index (χ2v) is 10.2. The first-order valence-electron chi connectivity index (χ1n) is 11.3. The van der Waals surface area contributed by atoms with Gasteiger partial charge in [-0.1, -0.05) is 32.4 Å². The molecule has 0 unspecified atom stereocenters. The quantitative estimate of drug-likeness (QED) is 0.543. The van der Waals surface area contributed by atoms with Gasteiger partial charge in [0.2, 0.25) is 0 Å². The van der Waals surface area contributed by atoms with Gasteiger partial charge < -0.3 is 10.0 Å². The van der Waals surface area contributed by atoms with Crippen LogP contribution >= 0.6 is 11.6 Å². The molecule has 3 aromatic rings. The van der Waals surface area contributed by atoms with Crippen molar-refractivity contribution in [3.63, 3.8) is 0 Å². The normalized spacial score (nSPS) is 15.0. The number of likely N-dealkylation sites (tertiary alicyclic amines) is 1. The molecular formula is C27H30ClN3O2. The number of aliphatic hydroxyl groups excluding tert-OH is 1. The Morgan fingerprint density at radius 3 is 2.42 bits per heavy atom. The molecule has 5 nitrogen and oxygen atoms in total. The highest BCUT2D eigenvalue weighted by Gasteiger charge is 2.24. The fraction of sp³-hybridized carbons (Fsp3) is 0.370. The summed E-state index contributed by atoms with van der Waals surface area (Å²) in [5.74, 6) is -0.0446. The average Bonchev–Trinajstić information content (AvgIpc) is 2.78. The Kier molecular flexibility index (Phi) is 6.55. The van der Waals surface area contributed by atoms with Crippen LogP contribution in [0.3, 0.4) is 0 Å². The molecule has 1 saturated heterocycles. The van der Waals surface area contributed by atoms with Crippen molar-refractivity contribution < 1.29 is 9.90 Å². The molecule has 1 aromatic carbocycles. The van der Waals surface area contributed by atoms with Crippen LogP contribution < -0.4 is 0 Å². The van der Waals surface area contributed by atoms with E-state index in [1.54, 1.807) is 17.2 Å². The number of pyridine rings is 2. The van der Waals surface area contributed by atoms with E-state index in [-0.39, 0.29) is 17.4 Å².